The third kappa shape index (κ3) is 3.18. The predicted octanol–water partition coefficient (Wildman–Crippen LogP) is 5.06. The fourth-order valence-corrected chi connectivity index (χ4v) is 4.67. The van der Waals surface area contributed by atoms with Gasteiger partial charge in [0.05, 0.1) is 15.6 Å². The Hall–Kier alpha value is -3.06. The van der Waals surface area contributed by atoms with Gasteiger partial charge >= 0.3 is 0 Å². The minimum Gasteiger partial charge on any atom is -0.319 e. The molecule has 2 aromatic carbocycles. The van der Waals surface area contributed by atoms with Crippen molar-refractivity contribution in [2.45, 2.75) is 19.3 Å². The van der Waals surface area contributed by atoms with E-state index in [2.05, 4.69) is 10.6 Å². The van der Waals surface area contributed by atoms with Crippen molar-refractivity contribution in [1.29, 1.82) is 0 Å². The molecule has 0 fully saturated rings. The molecule has 142 valence electrons. The SMILES string of the molecule is Cc1c(C(=O)Nc2ccccc2F)sc2c1[C@@H](c1ccccc1F)CC(=O)N2. The van der Waals surface area contributed by atoms with Gasteiger partial charge in [-0.1, -0.05) is 30.3 Å². The number of anilines is 2. The number of fused-ring (bicyclic) bond motifs is 1. The van der Waals surface area contributed by atoms with E-state index >= 15 is 0 Å². The molecule has 3 aromatic rings. The Morgan fingerprint density at radius 2 is 1.79 bits per heavy atom. The van der Waals surface area contributed by atoms with Gasteiger partial charge in [-0.3, -0.25) is 9.59 Å². The van der Waals surface area contributed by atoms with Crippen molar-refractivity contribution < 1.29 is 18.4 Å². The van der Waals surface area contributed by atoms with Crippen LogP contribution in [0.5, 0.6) is 0 Å². The third-order valence-corrected chi connectivity index (χ3v) is 6.02. The summed E-state index contributed by atoms with van der Waals surface area (Å²) in [7, 11) is 0. The number of carbonyl (C=O) groups is 2. The van der Waals surface area contributed by atoms with Gasteiger partial charge in [0.25, 0.3) is 5.91 Å². The van der Waals surface area contributed by atoms with Crippen molar-refractivity contribution >= 4 is 33.8 Å². The molecule has 4 nitrogen and oxygen atoms in total. The molecular weight excluding hydrogens is 382 g/mol. The second-order valence-electron chi connectivity index (χ2n) is 6.56. The van der Waals surface area contributed by atoms with Gasteiger partial charge < -0.3 is 10.6 Å². The molecule has 28 heavy (non-hydrogen) atoms. The molecule has 2 heterocycles. The highest BCUT2D eigenvalue weighted by atomic mass is 32.1. The molecule has 1 aliphatic heterocycles. The summed E-state index contributed by atoms with van der Waals surface area (Å²) >= 11 is 1.11. The van der Waals surface area contributed by atoms with Crippen molar-refractivity contribution in [1.82, 2.24) is 0 Å². The number of rotatable bonds is 3. The van der Waals surface area contributed by atoms with Gasteiger partial charge in [0.1, 0.15) is 11.6 Å². The number of para-hydroxylation sites is 1. The summed E-state index contributed by atoms with van der Waals surface area (Å²) in [5, 5.41) is 5.87. The summed E-state index contributed by atoms with van der Waals surface area (Å²) in [4.78, 5) is 25.3. The summed E-state index contributed by atoms with van der Waals surface area (Å²) in [6.07, 6.45) is 0.0971. The summed E-state index contributed by atoms with van der Waals surface area (Å²) in [6.45, 7) is 1.76. The number of nitrogens with one attached hydrogen (secondary N) is 2. The van der Waals surface area contributed by atoms with E-state index in [4.69, 9.17) is 0 Å². The highest BCUT2D eigenvalue weighted by Gasteiger charge is 2.34. The van der Waals surface area contributed by atoms with Crippen molar-refractivity contribution in [2.24, 2.45) is 0 Å². The van der Waals surface area contributed by atoms with Gasteiger partial charge in [-0.25, -0.2) is 8.78 Å². The number of halogens is 2. The maximum absolute atomic E-state index is 14.4. The lowest BCUT2D eigenvalue weighted by Gasteiger charge is -2.24. The minimum atomic E-state index is -0.535. The summed E-state index contributed by atoms with van der Waals surface area (Å²) in [5.41, 5.74) is 1.88. The second kappa shape index (κ2) is 7.16. The lowest BCUT2D eigenvalue weighted by atomic mass is 9.84. The first-order chi connectivity index (χ1) is 13.5. The monoisotopic (exact) mass is 398 g/mol. The van der Waals surface area contributed by atoms with E-state index in [0.717, 1.165) is 16.9 Å². The van der Waals surface area contributed by atoms with Crippen LogP contribution >= 0.6 is 11.3 Å². The van der Waals surface area contributed by atoms with Crippen LogP contribution in [0.3, 0.4) is 0 Å². The van der Waals surface area contributed by atoms with Crippen molar-refractivity contribution in [2.75, 3.05) is 10.6 Å². The van der Waals surface area contributed by atoms with E-state index in [1.807, 2.05) is 0 Å². The van der Waals surface area contributed by atoms with E-state index in [9.17, 15) is 18.4 Å². The summed E-state index contributed by atoms with van der Waals surface area (Å²) < 4.78 is 28.2. The standard InChI is InChI=1S/C21H16F2N2O2S/c1-11-18-13(12-6-2-3-7-14(12)22)10-17(26)25-21(18)28-19(11)20(27)24-16-9-5-4-8-15(16)23/h2-9,13H,10H2,1H3,(H,24,27)(H,25,26)/t13-/m1/s1. The van der Waals surface area contributed by atoms with E-state index in [1.165, 1.54) is 24.3 Å². The Balaban J connectivity index is 1.74. The van der Waals surface area contributed by atoms with Gasteiger partial charge in [-0.05, 0) is 41.8 Å². The molecule has 1 aromatic heterocycles. The molecule has 0 bridgehead atoms. The number of benzene rings is 2. The van der Waals surface area contributed by atoms with Crippen LogP contribution < -0.4 is 10.6 Å². The highest BCUT2D eigenvalue weighted by Crippen LogP contribution is 2.45. The van der Waals surface area contributed by atoms with Crippen LogP contribution in [0.25, 0.3) is 0 Å². The first kappa shape index (κ1) is 18.3. The van der Waals surface area contributed by atoms with E-state index in [1.54, 1.807) is 31.2 Å². The number of carbonyl (C=O) groups excluding carboxylic acids is 2. The fourth-order valence-electron chi connectivity index (χ4n) is 3.49. The maximum atomic E-state index is 14.4. The van der Waals surface area contributed by atoms with Crippen LogP contribution in [0.4, 0.5) is 19.5 Å². The quantitative estimate of drug-likeness (QED) is 0.648. The Bertz CT molecular complexity index is 1090. The van der Waals surface area contributed by atoms with Crippen molar-refractivity contribution in [3.8, 4) is 0 Å². The first-order valence-corrected chi connectivity index (χ1v) is 9.50. The van der Waals surface area contributed by atoms with Crippen molar-refractivity contribution in [3.63, 3.8) is 0 Å². The average molecular weight is 398 g/mol. The van der Waals surface area contributed by atoms with E-state index in [-0.39, 0.29) is 18.0 Å². The molecule has 0 saturated carbocycles. The van der Waals surface area contributed by atoms with Crippen LogP contribution in [-0.2, 0) is 4.79 Å². The molecule has 0 spiro atoms. The molecule has 0 aliphatic carbocycles. The molecule has 2 amide bonds. The first-order valence-electron chi connectivity index (χ1n) is 8.69. The van der Waals surface area contributed by atoms with Gasteiger partial charge in [0.2, 0.25) is 5.91 Å². The van der Waals surface area contributed by atoms with Crippen LogP contribution in [0.2, 0.25) is 0 Å². The zero-order valence-electron chi connectivity index (χ0n) is 14.9. The summed E-state index contributed by atoms with van der Waals surface area (Å²) in [6, 6.07) is 12.2. The number of hydrogen-bond donors (Lipinski definition) is 2. The number of hydrogen-bond acceptors (Lipinski definition) is 3. The van der Waals surface area contributed by atoms with Gasteiger partial charge in [-0.15, -0.1) is 11.3 Å². The van der Waals surface area contributed by atoms with Crippen LogP contribution in [0, 0.1) is 18.6 Å². The maximum Gasteiger partial charge on any atom is 0.266 e. The zero-order valence-corrected chi connectivity index (χ0v) is 15.7. The van der Waals surface area contributed by atoms with Crippen LogP contribution in [0.15, 0.2) is 48.5 Å². The highest BCUT2D eigenvalue weighted by molar-refractivity contribution is 7.18. The molecule has 7 heteroatoms. The second-order valence-corrected chi connectivity index (χ2v) is 7.58. The molecule has 4 rings (SSSR count). The Morgan fingerprint density at radius 1 is 1.11 bits per heavy atom. The lowest BCUT2D eigenvalue weighted by molar-refractivity contribution is -0.116. The topological polar surface area (TPSA) is 58.2 Å². The minimum absolute atomic E-state index is 0.0768. The van der Waals surface area contributed by atoms with Crippen molar-refractivity contribution in [3.05, 3.63) is 81.7 Å². The van der Waals surface area contributed by atoms with Gasteiger partial charge in [-0.2, -0.15) is 0 Å². The molecule has 0 radical (unpaired) electrons. The normalized spacial score (nSPS) is 15.7. The average Bonchev–Trinajstić information content (AvgIpc) is 3.00. The fraction of sp³-hybridized carbons (Fsp3) is 0.143. The largest absolute Gasteiger partial charge is 0.319 e. The van der Waals surface area contributed by atoms with Gasteiger partial charge in [0.15, 0.2) is 0 Å². The Morgan fingerprint density at radius 3 is 2.50 bits per heavy atom. The molecule has 1 aliphatic rings. The molecule has 0 unspecified atom stereocenters. The molecule has 0 saturated heterocycles. The van der Waals surface area contributed by atoms with E-state index in [0.29, 0.717) is 21.0 Å². The Labute approximate surface area is 164 Å². The molecular formula is C21H16F2N2O2S. The molecule has 2 N–H and O–H groups in total. The van der Waals surface area contributed by atoms with E-state index < -0.39 is 23.5 Å². The molecule has 1 atom stereocenters. The number of thiophene rings is 1. The van der Waals surface area contributed by atoms with Crippen LogP contribution in [0.1, 0.15) is 38.7 Å². The zero-order chi connectivity index (χ0) is 19.8. The predicted molar refractivity (Wildman–Crippen MR) is 105 cm³/mol. The van der Waals surface area contributed by atoms with Gasteiger partial charge in [0, 0.05) is 12.3 Å². The third-order valence-electron chi connectivity index (χ3n) is 4.79. The summed E-state index contributed by atoms with van der Waals surface area (Å²) in [5.74, 6) is -2.11. The Kier molecular flexibility index (Phi) is 4.68. The van der Waals surface area contributed by atoms with Crippen LogP contribution in [-0.4, -0.2) is 11.8 Å². The number of amides is 2. The smallest absolute Gasteiger partial charge is 0.266 e. The lowest BCUT2D eigenvalue weighted by Crippen LogP contribution is -2.23.